The number of hydrogen-bond acceptors (Lipinski definition) is 3. The molecule has 1 heterocycles. The Morgan fingerprint density at radius 1 is 0.864 bits per heavy atom. The summed E-state index contributed by atoms with van der Waals surface area (Å²) >= 11 is 0. The zero-order valence-corrected chi connectivity index (χ0v) is 12.1. The summed E-state index contributed by atoms with van der Waals surface area (Å²) in [5.41, 5.74) is 2.88. The first kappa shape index (κ1) is 14.1. The van der Waals surface area contributed by atoms with E-state index >= 15 is 0 Å². The molecule has 0 aliphatic carbocycles. The summed E-state index contributed by atoms with van der Waals surface area (Å²) in [7, 11) is 0. The lowest BCUT2D eigenvalue weighted by Crippen LogP contribution is -2.11. The van der Waals surface area contributed by atoms with Crippen molar-refractivity contribution < 1.29 is 4.42 Å². The lowest BCUT2D eigenvalue weighted by molar-refractivity contribution is 0.493. The van der Waals surface area contributed by atoms with Gasteiger partial charge in [0, 0.05) is 12.1 Å². The van der Waals surface area contributed by atoms with Gasteiger partial charge in [0.05, 0.1) is 18.2 Å². The number of furan rings is 1. The highest BCUT2D eigenvalue weighted by Gasteiger charge is 2.04. The monoisotopic (exact) mass is 288 g/mol. The summed E-state index contributed by atoms with van der Waals surface area (Å²) in [6.45, 7) is 1.50. The maximum absolute atomic E-state index is 8.81. The minimum Gasteiger partial charge on any atom is -0.460 e. The summed E-state index contributed by atoms with van der Waals surface area (Å²) in [6, 6.07) is 23.7. The summed E-state index contributed by atoms with van der Waals surface area (Å²) in [4.78, 5) is 0. The molecule has 3 heteroatoms. The Bertz CT molecular complexity index is 767. The average Bonchev–Trinajstić information content (AvgIpc) is 3.05. The first-order valence-corrected chi connectivity index (χ1v) is 7.19. The zero-order valence-electron chi connectivity index (χ0n) is 12.1. The Balaban J connectivity index is 1.60. The lowest BCUT2D eigenvalue weighted by atomic mass is 10.1. The van der Waals surface area contributed by atoms with Crippen molar-refractivity contribution in [1.29, 1.82) is 5.26 Å². The van der Waals surface area contributed by atoms with Crippen LogP contribution in [-0.2, 0) is 13.1 Å². The van der Waals surface area contributed by atoms with E-state index in [9.17, 15) is 0 Å². The molecule has 108 valence electrons. The van der Waals surface area contributed by atoms with Crippen LogP contribution in [0.3, 0.4) is 0 Å². The lowest BCUT2D eigenvalue weighted by Gasteiger charge is -2.03. The molecule has 0 aliphatic heterocycles. The molecule has 0 amide bonds. The van der Waals surface area contributed by atoms with Gasteiger partial charge in [-0.05, 0) is 42.0 Å². The molecule has 0 bridgehead atoms. The third-order valence-electron chi connectivity index (χ3n) is 3.43. The maximum atomic E-state index is 8.81. The smallest absolute Gasteiger partial charge is 0.134 e. The molecule has 0 fully saturated rings. The fourth-order valence-electron chi connectivity index (χ4n) is 2.26. The minimum absolute atomic E-state index is 0.653. The number of benzene rings is 2. The summed E-state index contributed by atoms with van der Waals surface area (Å²) < 4.78 is 5.84. The van der Waals surface area contributed by atoms with Crippen molar-refractivity contribution in [3.05, 3.63) is 83.6 Å². The van der Waals surface area contributed by atoms with E-state index in [-0.39, 0.29) is 0 Å². The molecule has 3 rings (SSSR count). The highest BCUT2D eigenvalue weighted by molar-refractivity contribution is 5.58. The molecule has 0 saturated carbocycles. The molecule has 0 saturated heterocycles. The highest BCUT2D eigenvalue weighted by atomic mass is 16.3. The predicted molar refractivity (Wildman–Crippen MR) is 85.8 cm³/mol. The Kier molecular flexibility index (Phi) is 4.33. The predicted octanol–water partition coefficient (Wildman–Crippen LogP) is 4.11. The second-order valence-corrected chi connectivity index (χ2v) is 5.04. The topological polar surface area (TPSA) is 49.0 Å². The van der Waals surface area contributed by atoms with Crippen molar-refractivity contribution >= 4 is 0 Å². The summed E-state index contributed by atoms with van der Waals surface area (Å²) in [6.07, 6.45) is 0. The summed E-state index contributed by atoms with van der Waals surface area (Å²) in [5.74, 6) is 1.72. The molecule has 3 nitrogen and oxygen atoms in total. The van der Waals surface area contributed by atoms with Gasteiger partial charge in [-0.2, -0.15) is 5.26 Å². The van der Waals surface area contributed by atoms with E-state index in [2.05, 4.69) is 23.5 Å². The quantitative estimate of drug-likeness (QED) is 0.768. The van der Waals surface area contributed by atoms with Crippen LogP contribution in [-0.4, -0.2) is 0 Å². The van der Waals surface area contributed by atoms with E-state index in [0.29, 0.717) is 12.1 Å². The van der Waals surface area contributed by atoms with Gasteiger partial charge >= 0.3 is 0 Å². The molecule has 22 heavy (non-hydrogen) atoms. The number of nitrogens with zero attached hydrogens (tertiary/aromatic N) is 1. The highest BCUT2D eigenvalue weighted by Crippen LogP contribution is 2.22. The molecular formula is C19H16N2O. The van der Waals surface area contributed by atoms with Crippen LogP contribution in [0.4, 0.5) is 0 Å². The van der Waals surface area contributed by atoms with Gasteiger partial charge in [0.15, 0.2) is 0 Å². The second-order valence-electron chi connectivity index (χ2n) is 5.04. The largest absolute Gasteiger partial charge is 0.460 e. The van der Waals surface area contributed by atoms with E-state index in [1.54, 1.807) is 12.1 Å². The van der Waals surface area contributed by atoms with Crippen LogP contribution in [0.1, 0.15) is 16.9 Å². The maximum Gasteiger partial charge on any atom is 0.134 e. The minimum atomic E-state index is 0.653. The molecule has 1 aromatic heterocycles. The SMILES string of the molecule is N#Cc1ccc(-c2ccc(CNCc3ccccc3)o2)cc1. The van der Waals surface area contributed by atoms with Gasteiger partial charge in [0.1, 0.15) is 11.5 Å². The van der Waals surface area contributed by atoms with Crippen LogP contribution in [0.2, 0.25) is 0 Å². The summed E-state index contributed by atoms with van der Waals surface area (Å²) in [5, 5.41) is 12.2. The molecule has 0 radical (unpaired) electrons. The third kappa shape index (κ3) is 3.43. The van der Waals surface area contributed by atoms with E-state index in [4.69, 9.17) is 9.68 Å². The van der Waals surface area contributed by atoms with Crippen molar-refractivity contribution in [3.8, 4) is 17.4 Å². The van der Waals surface area contributed by atoms with Gasteiger partial charge in [0.25, 0.3) is 0 Å². The molecule has 0 unspecified atom stereocenters. The molecular weight excluding hydrogens is 272 g/mol. The fourth-order valence-corrected chi connectivity index (χ4v) is 2.26. The Morgan fingerprint density at radius 2 is 1.64 bits per heavy atom. The van der Waals surface area contributed by atoms with Gasteiger partial charge in [-0.15, -0.1) is 0 Å². The molecule has 0 aliphatic rings. The number of hydrogen-bond donors (Lipinski definition) is 1. The third-order valence-corrected chi connectivity index (χ3v) is 3.43. The molecule has 3 aromatic rings. The number of nitrogens with one attached hydrogen (secondary N) is 1. The van der Waals surface area contributed by atoms with Crippen molar-refractivity contribution in [2.24, 2.45) is 0 Å². The fraction of sp³-hybridized carbons (Fsp3) is 0.105. The molecule has 0 spiro atoms. The van der Waals surface area contributed by atoms with Crippen LogP contribution in [0.25, 0.3) is 11.3 Å². The van der Waals surface area contributed by atoms with Crippen molar-refractivity contribution in [3.63, 3.8) is 0 Å². The Hall–Kier alpha value is -2.83. The van der Waals surface area contributed by atoms with Gasteiger partial charge in [0.2, 0.25) is 0 Å². The number of rotatable bonds is 5. The van der Waals surface area contributed by atoms with Crippen LogP contribution < -0.4 is 5.32 Å². The normalized spacial score (nSPS) is 10.3. The van der Waals surface area contributed by atoms with Crippen molar-refractivity contribution in [2.75, 3.05) is 0 Å². The van der Waals surface area contributed by atoms with Crippen LogP contribution >= 0.6 is 0 Å². The van der Waals surface area contributed by atoms with Crippen molar-refractivity contribution in [1.82, 2.24) is 5.32 Å². The van der Waals surface area contributed by atoms with E-state index in [0.717, 1.165) is 23.6 Å². The first-order chi connectivity index (χ1) is 10.8. The second kappa shape index (κ2) is 6.75. The Labute approximate surface area is 129 Å². The van der Waals surface area contributed by atoms with E-state index in [1.165, 1.54) is 5.56 Å². The molecule has 2 aromatic carbocycles. The molecule has 0 atom stereocenters. The van der Waals surface area contributed by atoms with E-state index < -0.39 is 0 Å². The number of nitriles is 1. The van der Waals surface area contributed by atoms with Gasteiger partial charge in [-0.25, -0.2) is 0 Å². The average molecular weight is 288 g/mol. The van der Waals surface area contributed by atoms with E-state index in [1.807, 2.05) is 42.5 Å². The van der Waals surface area contributed by atoms with Gasteiger partial charge in [-0.1, -0.05) is 30.3 Å². The van der Waals surface area contributed by atoms with Crippen molar-refractivity contribution in [2.45, 2.75) is 13.1 Å². The van der Waals surface area contributed by atoms with Crippen LogP contribution in [0.15, 0.2) is 71.1 Å². The van der Waals surface area contributed by atoms with Gasteiger partial charge in [-0.3, -0.25) is 0 Å². The van der Waals surface area contributed by atoms with Crippen LogP contribution in [0.5, 0.6) is 0 Å². The van der Waals surface area contributed by atoms with Crippen LogP contribution in [0, 0.1) is 11.3 Å². The zero-order chi connectivity index (χ0) is 15.2. The standard InChI is InChI=1S/C19H16N2O/c20-12-15-6-8-17(9-7-15)19-11-10-18(22-19)14-21-13-16-4-2-1-3-5-16/h1-11,21H,13-14H2. The van der Waals surface area contributed by atoms with Gasteiger partial charge < -0.3 is 9.73 Å². The first-order valence-electron chi connectivity index (χ1n) is 7.19. The Morgan fingerprint density at radius 3 is 2.36 bits per heavy atom. The molecule has 1 N–H and O–H groups in total.